The smallest absolute Gasteiger partial charge is 0.402 e. The van der Waals surface area contributed by atoms with Crippen molar-refractivity contribution in [3.63, 3.8) is 0 Å². The van der Waals surface area contributed by atoms with Gasteiger partial charge in [-0.1, -0.05) is 61.2 Å². The van der Waals surface area contributed by atoms with Crippen LogP contribution in [-0.2, 0) is 16.6 Å². The molecule has 1 aliphatic rings. The van der Waals surface area contributed by atoms with Crippen LogP contribution in [0.25, 0.3) is 17.0 Å². The van der Waals surface area contributed by atoms with Crippen LogP contribution in [0, 0.1) is 6.92 Å². The van der Waals surface area contributed by atoms with Gasteiger partial charge < -0.3 is 17.1 Å². The van der Waals surface area contributed by atoms with Crippen molar-refractivity contribution in [2.45, 2.75) is 71.0 Å². The van der Waals surface area contributed by atoms with Crippen LogP contribution in [0.5, 0.6) is 5.75 Å². The SMILES string of the molecule is CCSSCc1c(C)c(OC)cc[n+]1-c1nc2cc3c(cc2[nH]1)C(C)(C)CCC3(C)C.[Cl-]. The van der Waals surface area contributed by atoms with Crippen LogP contribution in [-0.4, -0.2) is 22.8 Å². The Morgan fingerprint density at radius 3 is 2.38 bits per heavy atom. The summed E-state index contributed by atoms with van der Waals surface area (Å²) in [6.45, 7) is 13.8. The molecule has 0 spiro atoms. The van der Waals surface area contributed by atoms with E-state index in [1.54, 1.807) is 7.11 Å². The first-order valence-corrected chi connectivity index (χ1v) is 13.5. The number of nitrogens with zero attached hydrogens (tertiary/aromatic N) is 2. The van der Waals surface area contributed by atoms with Gasteiger partial charge in [0.1, 0.15) is 17.0 Å². The van der Waals surface area contributed by atoms with E-state index in [-0.39, 0.29) is 23.2 Å². The van der Waals surface area contributed by atoms with Gasteiger partial charge in [-0.3, -0.25) is 0 Å². The Labute approximate surface area is 206 Å². The summed E-state index contributed by atoms with van der Waals surface area (Å²) in [5.41, 5.74) is 7.81. The number of aromatic nitrogens is 3. The minimum absolute atomic E-state index is 0. The van der Waals surface area contributed by atoms with Gasteiger partial charge in [-0.2, -0.15) is 0 Å². The van der Waals surface area contributed by atoms with Crippen molar-refractivity contribution in [3.8, 4) is 11.7 Å². The van der Waals surface area contributed by atoms with Crippen LogP contribution < -0.4 is 21.7 Å². The van der Waals surface area contributed by atoms with Crippen molar-refractivity contribution in [1.82, 2.24) is 9.97 Å². The molecule has 174 valence electrons. The van der Waals surface area contributed by atoms with E-state index in [9.17, 15) is 0 Å². The lowest BCUT2D eigenvalue weighted by molar-refractivity contribution is -0.610. The molecule has 0 saturated heterocycles. The lowest BCUT2D eigenvalue weighted by atomic mass is 9.63. The molecule has 1 N–H and O–H groups in total. The van der Waals surface area contributed by atoms with Crippen molar-refractivity contribution >= 4 is 32.6 Å². The molecular formula is C25H34ClN3OS2. The number of hydrogen-bond donors (Lipinski definition) is 1. The van der Waals surface area contributed by atoms with Gasteiger partial charge in [0.05, 0.1) is 19.1 Å². The molecule has 32 heavy (non-hydrogen) atoms. The maximum atomic E-state index is 5.60. The van der Waals surface area contributed by atoms with Crippen molar-refractivity contribution < 1.29 is 21.7 Å². The third kappa shape index (κ3) is 4.51. The summed E-state index contributed by atoms with van der Waals surface area (Å²) >= 11 is 0. The molecule has 4 nitrogen and oxygen atoms in total. The van der Waals surface area contributed by atoms with Gasteiger partial charge in [-0.05, 0) is 53.9 Å². The number of aromatic amines is 1. The van der Waals surface area contributed by atoms with Gasteiger partial charge in [0.15, 0.2) is 5.52 Å². The molecule has 0 amide bonds. The van der Waals surface area contributed by atoms with E-state index >= 15 is 0 Å². The van der Waals surface area contributed by atoms with Crippen molar-refractivity contribution in [3.05, 3.63) is 46.8 Å². The second-order valence-electron chi connectivity index (χ2n) is 9.74. The number of ether oxygens (including phenoxy) is 1. The molecule has 0 fully saturated rings. The molecule has 0 atom stereocenters. The Kier molecular flexibility index (Phi) is 7.48. The van der Waals surface area contributed by atoms with Crippen molar-refractivity contribution in [2.24, 2.45) is 0 Å². The molecule has 2 aromatic heterocycles. The molecule has 4 rings (SSSR count). The minimum atomic E-state index is 0. The number of halogens is 1. The van der Waals surface area contributed by atoms with Crippen molar-refractivity contribution in [1.29, 1.82) is 0 Å². The normalized spacial score (nSPS) is 16.5. The predicted octanol–water partition coefficient (Wildman–Crippen LogP) is 3.41. The van der Waals surface area contributed by atoms with Gasteiger partial charge in [-0.25, -0.2) is 9.55 Å². The third-order valence-electron chi connectivity index (χ3n) is 6.76. The number of pyridine rings is 1. The number of H-pyrrole nitrogens is 1. The second kappa shape index (κ2) is 9.47. The molecule has 0 unspecified atom stereocenters. The first-order chi connectivity index (χ1) is 14.7. The number of hydrogen-bond acceptors (Lipinski definition) is 4. The minimum Gasteiger partial charge on any atom is -1.00 e. The summed E-state index contributed by atoms with van der Waals surface area (Å²) in [6, 6.07) is 6.70. The molecule has 7 heteroatoms. The number of rotatable bonds is 6. The van der Waals surface area contributed by atoms with E-state index in [1.807, 2.05) is 27.7 Å². The Balaban J connectivity index is 0.00000289. The highest BCUT2D eigenvalue weighted by Gasteiger charge is 2.38. The van der Waals surface area contributed by atoms with Crippen LogP contribution in [0.3, 0.4) is 0 Å². The zero-order chi connectivity index (χ0) is 22.4. The fraction of sp³-hybridized carbons (Fsp3) is 0.520. The summed E-state index contributed by atoms with van der Waals surface area (Å²) in [5.74, 6) is 3.78. The third-order valence-corrected chi connectivity index (χ3v) is 9.11. The molecule has 0 bridgehead atoms. The fourth-order valence-corrected chi connectivity index (χ4v) is 6.43. The van der Waals surface area contributed by atoms with Crippen LogP contribution in [0.4, 0.5) is 0 Å². The molecule has 1 aliphatic carbocycles. The zero-order valence-corrected chi connectivity index (χ0v) is 22.5. The summed E-state index contributed by atoms with van der Waals surface area (Å²) in [5, 5.41) is 0. The molecule has 1 aromatic carbocycles. The van der Waals surface area contributed by atoms with Crippen LogP contribution >= 0.6 is 21.6 Å². The van der Waals surface area contributed by atoms with Gasteiger partial charge in [0.2, 0.25) is 0 Å². The molecule has 3 aromatic rings. The van der Waals surface area contributed by atoms with Gasteiger partial charge in [-0.15, -0.1) is 0 Å². The number of benzene rings is 1. The van der Waals surface area contributed by atoms with Crippen LogP contribution in [0.2, 0.25) is 0 Å². The largest absolute Gasteiger partial charge is 1.00 e. The van der Waals surface area contributed by atoms with E-state index in [1.165, 1.54) is 29.7 Å². The van der Waals surface area contributed by atoms with E-state index in [0.29, 0.717) is 0 Å². The average molecular weight is 492 g/mol. The summed E-state index contributed by atoms with van der Waals surface area (Å²) in [4.78, 5) is 8.66. The summed E-state index contributed by atoms with van der Waals surface area (Å²) < 4.78 is 7.79. The Morgan fingerprint density at radius 1 is 1.09 bits per heavy atom. The molecule has 0 radical (unpaired) electrons. The first kappa shape index (κ1) is 25.3. The Hall–Kier alpha value is -1.37. The lowest BCUT2D eigenvalue weighted by Crippen LogP contribution is -3.00. The molecule has 2 heterocycles. The van der Waals surface area contributed by atoms with E-state index in [4.69, 9.17) is 9.72 Å². The summed E-state index contributed by atoms with van der Waals surface area (Å²) in [7, 11) is 5.49. The number of nitrogens with one attached hydrogen (secondary N) is 1. The fourth-order valence-electron chi connectivity index (χ4n) is 4.63. The van der Waals surface area contributed by atoms with E-state index < -0.39 is 0 Å². The number of imidazole rings is 1. The standard InChI is InChI=1S/C25H34N3OS2.ClH/c1-8-30-31-15-21-16(2)22(29-7)9-12-28(21)23-26-19-13-17-18(14-20(19)27-23)25(5,6)11-10-24(17,3)4;/h9,12-14H,8,10-11,15H2,1-7H3,(H,26,27);1H/q+1;/p-1. The monoisotopic (exact) mass is 491 g/mol. The van der Waals surface area contributed by atoms with Crippen molar-refractivity contribution in [2.75, 3.05) is 12.9 Å². The van der Waals surface area contributed by atoms with Gasteiger partial charge in [0.25, 0.3) is 0 Å². The molecular weight excluding hydrogens is 458 g/mol. The first-order valence-electron chi connectivity index (χ1n) is 11.1. The quantitative estimate of drug-likeness (QED) is 0.326. The number of fused-ring (bicyclic) bond motifs is 2. The molecule has 0 saturated carbocycles. The number of methoxy groups -OCH3 is 1. The maximum absolute atomic E-state index is 5.60. The maximum Gasteiger partial charge on any atom is 0.402 e. The average Bonchev–Trinajstić information content (AvgIpc) is 3.15. The Bertz CT molecular complexity index is 1070. The highest BCUT2D eigenvalue weighted by Crippen LogP contribution is 2.46. The zero-order valence-electron chi connectivity index (χ0n) is 20.1. The topological polar surface area (TPSA) is 41.8 Å². The van der Waals surface area contributed by atoms with Crippen LogP contribution in [0.15, 0.2) is 24.4 Å². The summed E-state index contributed by atoms with van der Waals surface area (Å²) in [6.07, 6.45) is 4.49. The Morgan fingerprint density at radius 2 is 1.75 bits per heavy atom. The lowest BCUT2D eigenvalue weighted by Gasteiger charge is -2.41. The van der Waals surface area contributed by atoms with E-state index in [0.717, 1.165) is 39.8 Å². The van der Waals surface area contributed by atoms with Gasteiger partial charge >= 0.3 is 5.95 Å². The highest BCUT2D eigenvalue weighted by molar-refractivity contribution is 8.76. The highest BCUT2D eigenvalue weighted by atomic mass is 35.5. The van der Waals surface area contributed by atoms with Gasteiger partial charge in [0, 0.05) is 17.4 Å². The van der Waals surface area contributed by atoms with E-state index in [2.05, 4.69) is 69.4 Å². The predicted molar refractivity (Wildman–Crippen MR) is 134 cm³/mol. The van der Waals surface area contributed by atoms with Crippen LogP contribution in [0.1, 0.15) is 69.8 Å². The second-order valence-corrected chi connectivity index (χ2v) is 12.5. The molecule has 0 aliphatic heterocycles.